The van der Waals surface area contributed by atoms with Crippen LogP contribution in [0.25, 0.3) is 0 Å². The number of rotatable bonds is 9. The largest absolute Gasteiger partial charge is 0.381 e. The van der Waals surface area contributed by atoms with Crippen LogP contribution in [0.5, 0.6) is 0 Å². The summed E-state index contributed by atoms with van der Waals surface area (Å²) >= 11 is 0. The molecule has 2 unspecified atom stereocenters. The highest BCUT2D eigenvalue weighted by molar-refractivity contribution is 5.85. The Bertz CT molecular complexity index is 305. The van der Waals surface area contributed by atoms with Crippen molar-refractivity contribution in [3.8, 4) is 0 Å². The Morgan fingerprint density at radius 3 is 2.84 bits per heavy atom. The summed E-state index contributed by atoms with van der Waals surface area (Å²) in [6, 6.07) is 0. The second-order valence-electron chi connectivity index (χ2n) is 6.16. The van der Waals surface area contributed by atoms with Crippen LogP contribution in [0.1, 0.15) is 51.9 Å². The van der Waals surface area contributed by atoms with Crippen molar-refractivity contribution in [1.82, 2.24) is 5.32 Å². The summed E-state index contributed by atoms with van der Waals surface area (Å²) < 4.78 is 5.72. The molecule has 4 heteroatoms. The minimum atomic E-state index is -0.473. The van der Waals surface area contributed by atoms with Gasteiger partial charge in [0.05, 0.1) is 0 Å². The minimum absolute atomic E-state index is 0.175. The second-order valence-corrected chi connectivity index (χ2v) is 6.16. The van der Waals surface area contributed by atoms with Crippen LogP contribution in [0.2, 0.25) is 0 Å². The van der Waals surface area contributed by atoms with Gasteiger partial charge >= 0.3 is 0 Å². The molecule has 2 rings (SSSR count). The number of hydrogen-bond acceptors (Lipinski definition) is 3. The molecule has 3 N–H and O–H groups in total. The van der Waals surface area contributed by atoms with E-state index in [-0.39, 0.29) is 5.91 Å². The van der Waals surface area contributed by atoms with E-state index in [1.807, 2.05) is 0 Å². The summed E-state index contributed by atoms with van der Waals surface area (Å²) in [5.41, 5.74) is 5.21. The van der Waals surface area contributed by atoms with Crippen LogP contribution in [0.15, 0.2) is 0 Å². The van der Waals surface area contributed by atoms with Crippen molar-refractivity contribution in [3.63, 3.8) is 0 Å². The lowest BCUT2D eigenvalue weighted by molar-refractivity contribution is -0.126. The first kappa shape index (κ1) is 14.8. The highest BCUT2D eigenvalue weighted by atomic mass is 16.5. The molecular weight excluding hydrogens is 240 g/mol. The van der Waals surface area contributed by atoms with Gasteiger partial charge in [-0.1, -0.05) is 13.3 Å². The van der Waals surface area contributed by atoms with E-state index in [4.69, 9.17) is 10.5 Å². The van der Waals surface area contributed by atoms with Crippen molar-refractivity contribution in [2.45, 2.75) is 57.4 Å². The quantitative estimate of drug-likeness (QED) is 0.627. The topological polar surface area (TPSA) is 64.3 Å². The molecule has 0 bridgehead atoms. The molecule has 110 valence electrons. The van der Waals surface area contributed by atoms with Crippen LogP contribution < -0.4 is 11.1 Å². The predicted octanol–water partition coefficient (Wildman–Crippen LogP) is 1.83. The molecule has 2 aliphatic carbocycles. The van der Waals surface area contributed by atoms with Crippen molar-refractivity contribution in [2.75, 3.05) is 19.8 Å². The molecule has 0 aromatic heterocycles. The first-order valence-corrected chi connectivity index (χ1v) is 7.81. The van der Waals surface area contributed by atoms with Gasteiger partial charge in [0, 0.05) is 13.2 Å². The average molecular weight is 268 g/mol. The zero-order valence-electron chi connectivity index (χ0n) is 12.1. The van der Waals surface area contributed by atoms with Crippen LogP contribution in [0.3, 0.4) is 0 Å². The molecule has 19 heavy (non-hydrogen) atoms. The summed E-state index contributed by atoms with van der Waals surface area (Å²) in [5, 5.41) is 3.43. The van der Waals surface area contributed by atoms with Gasteiger partial charge in [0.1, 0.15) is 5.54 Å². The maximum atomic E-state index is 11.9. The summed E-state index contributed by atoms with van der Waals surface area (Å²) in [6.45, 7) is 4.65. The summed E-state index contributed by atoms with van der Waals surface area (Å²) in [7, 11) is 0. The van der Waals surface area contributed by atoms with Gasteiger partial charge in [0.25, 0.3) is 0 Å². The summed E-state index contributed by atoms with van der Waals surface area (Å²) in [6.07, 6.45) is 7.70. The number of nitrogens with two attached hydrogens (primary N) is 1. The first-order valence-electron chi connectivity index (χ1n) is 7.81. The molecule has 0 aromatic rings. The lowest BCUT2D eigenvalue weighted by Gasteiger charge is -2.33. The summed E-state index contributed by atoms with van der Waals surface area (Å²) in [5.74, 6) is 0.976. The Morgan fingerprint density at radius 1 is 1.42 bits per heavy atom. The Balaban J connectivity index is 1.82. The molecule has 2 aliphatic rings. The standard InChI is InChI=1S/C15H28N2O2/c1-2-9-17-15(14(16)18)8-3-4-13(15)7-10-19-11-12-5-6-12/h12-13,17H,2-11H2,1H3,(H2,16,18). The van der Waals surface area contributed by atoms with Crippen LogP contribution in [0, 0.1) is 11.8 Å². The molecule has 0 aromatic carbocycles. The number of carbonyl (C=O) groups excluding carboxylic acids is 1. The molecule has 0 radical (unpaired) electrons. The second kappa shape index (κ2) is 6.71. The number of ether oxygens (including phenoxy) is 1. The molecule has 2 fully saturated rings. The molecule has 0 aliphatic heterocycles. The van der Waals surface area contributed by atoms with Gasteiger partial charge in [-0.25, -0.2) is 0 Å². The number of hydrogen-bond donors (Lipinski definition) is 2. The molecular formula is C15H28N2O2. The van der Waals surface area contributed by atoms with E-state index in [1.54, 1.807) is 0 Å². The summed E-state index contributed by atoms with van der Waals surface area (Å²) in [4.78, 5) is 11.9. The fourth-order valence-electron chi connectivity index (χ4n) is 3.22. The number of nitrogens with one attached hydrogen (secondary N) is 1. The highest BCUT2D eigenvalue weighted by Gasteiger charge is 2.46. The van der Waals surface area contributed by atoms with Crippen molar-refractivity contribution in [2.24, 2.45) is 17.6 Å². The van der Waals surface area contributed by atoms with Gasteiger partial charge < -0.3 is 15.8 Å². The van der Waals surface area contributed by atoms with Crippen molar-refractivity contribution < 1.29 is 9.53 Å². The van der Waals surface area contributed by atoms with Gasteiger partial charge in [-0.3, -0.25) is 4.79 Å². The van der Waals surface area contributed by atoms with E-state index < -0.39 is 5.54 Å². The predicted molar refractivity (Wildman–Crippen MR) is 75.7 cm³/mol. The SMILES string of the molecule is CCCNC1(C(N)=O)CCCC1CCOCC1CC1. The lowest BCUT2D eigenvalue weighted by Crippen LogP contribution is -2.58. The molecule has 2 saturated carbocycles. The van der Waals surface area contributed by atoms with E-state index in [1.165, 1.54) is 12.8 Å². The molecule has 0 spiro atoms. The fraction of sp³-hybridized carbons (Fsp3) is 0.933. The van der Waals surface area contributed by atoms with Crippen LogP contribution in [-0.4, -0.2) is 31.2 Å². The van der Waals surface area contributed by atoms with E-state index in [0.717, 1.165) is 57.8 Å². The van der Waals surface area contributed by atoms with Gasteiger partial charge in [0.15, 0.2) is 0 Å². The van der Waals surface area contributed by atoms with Crippen molar-refractivity contribution in [1.29, 1.82) is 0 Å². The Kier molecular flexibility index (Phi) is 5.22. The zero-order chi connectivity index (χ0) is 13.7. The normalized spacial score (nSPS) is 30.7. The third-order valence-corrected chi connectivity index (χ3v) is 4.61. The van der Waals surface area contributed by atoms with Gasteiger partial charge in [-0.05, 0) is 56.9 Å². The molecule has 4 nitrogen and oxygen atoms in total. The number of amides is 1. The Labute approximate surface area is 116 Å². The number of primary amides is 1. The third kappa shape index (κ3) is 3.69. The van der Waals surface area contributed by atoms with Gasteiger partial charge in [0.2, 0.25) is 5.91 Å². The highest BCUT2D eigenvalue weighted by Crippen LogP contribution is 2.38. The van der Waals surface area contributed by atoms with E-state index >= 15 is 0 Å². The van der Waals surface area contributed by atoms with Crippen LogP contribution >= 0.6 is 0 Å². The van der Waals surface area contributed by atoms with Gasteiger partial charge in [-0.2, -0.15) is 0 Å². The lowest BCUT2D eigenvalue weighted by atomic mass is 9.84. The Hall–Kier alpha value is -0.610. The smallest absolute Gasteiger partial charge is 0.238 e. The molecule has 0 saturated heterocycles. The third-order valence-electron chi connectivity index (χ3n) is 4.61. The molecule has 2 atom stereocenters. The van der Waals surface area contributed by atoms with E-state index in [0.29, 0.717) is 5.92 Å². The van der Waals surface area contributed by atoms with Crippen molar-refractivity contribution >= 4 is 5.91 Å². The molecule has 1 amide bonds. The fourth-order valence-corrected chi connectivity index (χ4v) is 3.22. The monoisotopic (exact) mass is 268 g/mol. The van der Waals surface area contributed by atoms with Crippen molar-refractivity contribution in [3.05, 3.63) is 0 Å². The van der Waals surface area contributed by atoms with Crippen LogP contribution in [0.4, 0.5) is 0 Å². The maximum Gasteiger partial charge on any atom is 0.238 e. The van der Waals surface area contributed by atoms with E-state index in [2.05, 4.69) is 12.2 Å². The maximum absolute atomic E-state index is 11.9. The van der Waals surface area contributed by atoms with E-state index in [9.17, 15) is 4.79 Å². The van der Waals surface area contributed by atoms with Gasteiger partial charge in [-0.15, -0.1) is 0 Å². The zero-order valence-corrected chi connectivity index (χ0v) is 12.1. The first-order chi connectivity index (χ1) is 9.19. The number of carbonyl (C=O) groups is 1. The molecule has 0 heterocycles. The Morgan fingerprint density at radius 2 is 2.21 bits per heavy atom. The van der Waals surface area contributed by atoms with Crippen LogP contribution in [-0.2, 0) is 9.53 Å². The minimum Gasteiger partial charge on any atom is -0.381 e. The average Bonchev–Trinajstić information content (AvgIpc) is 3.12.